The van der Waals surface area contributed by atoms with Gasteiger partial charge in [0.1, 0.15) is 0 Å². The highest BCUT2D eigenvalue weighted by atomic mass is 79.9. The number of carbonyl (C=O) groups excluding carboxylic acids is 1. The second kappa shape index (κ2) is 6.70. The predicted molar refractivity (Wildman–Crippen MR) is 75.5 cm³/mol. The monoisotopic (exact) mass is 331 g/mol. The topological polar surface area (TPSA) is 57.6 Å². The second-order valence-electron chi connectivity index (χ2n) is 3.93. The molecule has 0 aliphatic carbocycles. The van der Waals surface area contributed by atoms with Gasteiger partial charge in [-0.1, -0.05) is 6.92 Å². The molecule has 0 saturated heterocycles. The third-order valence-corrected chi connectivity index (χ3v) is 3.92. The molecule has 4 nitrogen and oxygen atoms in total. The van der Waals surface area contributed by atoms with Crippen molar-refractivity contribution in [1.82, 2.24) is 4.90 Å². The summed E-state index contributed by atoms with van der Waals surface area (Å²) in [5, 5.41) is 8.76. The molecule has 0 aliphatic rings. The molecule has 0 saturated carbocycles. The molecule has 1 N–H and O–H groups in total. The van der Waals surface area contributed by atoms with Gasteiger partial charge in [0, 0.05) is 24.5 Å². The molecule has 0 fully saturated rings. The van der Waals surface area contributed by atoms with Gasteiger partial charge in [0.25, 0.3) is 0 Å². The first kappa shape index (κ1) is 14.9. The zero-order valence-electron chi connectivity index (χ0n) is 10.1. The van der Waals surface area contributed by atoms with Gasteiger partial charge in [0.2, 0.25) is 5.91 Å². The predicted octanol–water partition coefficient (Wildman–Crippen LogP) is 2.70. The Kier molecular flexibility index (Phi) is 5.55. The molecule has 0 bridgehead atoms. The summed E-state index contributed by atoms with van der Waals surface area (Å²) in [6.07, 6.45) is 3.17. The molecule has 1 unspecified atom stereocenters. The molecule has 1 aromatic heterocycles. The molecule has 18 heavy (non-hydrogen) atoms. The molecular formula is C12H14BrNO3S. The van der Waals surface area contributed by atoms with E-state index in [2.05, 4.69) is 15.9 Å². The van der Waals surface area contributed by atoms with Crippen LogP contribution in [-0.4, -0.2) is 35.5 Å². The van der Waals surface area contributed by atoms with Crippen LogP contribution in [0.15, 0.2) is 22.0 Å². The number of nitrogens with zero attached hydrogens (tertiary/aromatic N) is 1. The van der Waals surface area contributed by atoms with Crippen molar-refractivity contribution < 1.29 is 14.7 Å². The number of thiophene rings is 1. The number of carbonyl (C=O) groups is 2. The van der Waals surface area contributed by atoms with E-state index < -0.39 is 11.9 Å². The summed E-state index contributed by atoms with van der Waals surface area (Å²) >= 11 is 4.87. The summed E-state index contributed by atoms with van der Waals surface area (Å²) in [5.74, 6) is -1.67. The van der Waals surface area contributed by atoms with E-state index in [4.69, 9.17) is 5.11 Å². The molecule has 0 radical (unpaired) electrons. The van der Waals surface area contributed by atoms with Crippen molar-refractivity contribution in [2.24, 2.45) is 5.92 Å². The van der Waals surface area contributed by atoms with E-state index >= 15 is 0 Å². The van der Waals surface area contributed by atoms with E-state index in [1.54, 1.807) is 20.0 Å². The Morgan fingerprint density at radius 2 is 2.22 bits per heavy atom. The number of hydrogen-bond donors (Lipinski definition) is 1. The number of carboxylic acids is 1. The highest BCUT2D eigenvalue weighted by Gasteiger charge is 2.15. The maximum Gasteiger partial charge on any atom is 0.308 e. The lowest BCUT2D eigenvalue weighted by Crippen LogP contribution is -2.32. The molecule has 1 atom stereocenters. The minimum absolute atomic E-state index is 0.201. The van der Waals surface area contributed by atoms with Crippen molar-refractivity contribution in [3.8, 4) is 0 Å². The van der Waals surface area contributed by atoms with E-state index in [9.17, 15) is 9.59 Å². The Balaban J connectivity index is 2.54. The molecule has 6 heteroatoms. The van der Waals surface area contributed by atoms with Gasteiger partial charge in [0.15, 0.2) is 0 Å². The van der Waals surface area contributed by atoms with Gasteiger partial charge in [0.05, 0.1) is 9.70 Å². The number of rotatable bonds is 5. The Labute approximate surface area is 118 Å². The summed E-state index contributed by atoms with van der Waals surface area (Å²) in [5.41, 5.74) is 0. The third kappa shape index (κ3) is 4.62. The first-order chi connectivity index (χ1) is 8.40. The zero-order valence-corrected chi connectivity index (χ0v) is 12.5. The fourth-order valence-electron chi connectivity index (χ4n) is 1.28. The summed E-state index contributed by atoms with van der Waals surface area (Å²) in [7, 11) is 1.59. The first-order valence-corrected chi connectivity index (χ1v) is 6.92. The van der Waals surface area contributed by atoms with Crippen LogP contribution in [0.2, 0.25) is 0 Å². The van der Waals surface area contributed by atoms with Crippen molar-refractivity contribution in [1.29, 1.82) is 0 Å². The molecule has 1 heterocycles. The van der Waals surface area contributed by atoms with E-state index in [1.165, 1.54) is 22.3 Å². The maximum atomic E-state index is 11.7. The molecule has 98 valence electrons. The van der Waals surface area contributed by atoms with Crippen LogP contribution in [0.3, 0.4) is 0 Å². The van der Waals surface area contributed by atoms with Crippen molar-refractivity contribution >= 4 is 45.2 Å². The lowest BCUT2D eigenvalue weighted by molar-refractivity contribution is -0.142. The Morgan fingerprint density at radius 3 is 2.72 bits per heavy atom. The van der Waals surface area contributed by atoms with Gasteiger partial charge >= 0.3 is 5.97 Å². The van der Waals surface area contributed by atoms with Gasteiger partial charge in [-0.3, -0.25) is 9.59 Å². The molecule has 1 rings (SSSR count). The van der Waals surface area contributed by atoms with Gasteiger partial charge in [-0.2, -0.15) is 0 Å². The standard InChI is InChI=1S/C12H14BrNO3S/c1-8(12(16)17)7-14(2)11(15)6-4-9-3-5-10(13)18-9/h3-6,8H,7H2,1-2H3,(H,16,17)/b6-4+. The van der Waals surface area contributed by atoms with Crippen LogP contribution in [0.1, 0.15) is 11.8 Å². The smallest absolute Gasteiger partial charge is 0.308 e. The Morgan fingerprint density at radius 1 is 1.56 bits per heavy atom. The summed E-state index contributed by atoms with van der Waals surface area (Å²) in [6, 6.07) is 3.81. The molecule has 0 aliphatic heterocycles. The number of hydrogen-bond acceptors (Lipinski definition) is 3. The van der Waals surface area contributed by atoms with Gasteiger partial charge < -0.3 is 10.0 Å². The fraction of sp³-hybridized carbons (Fsp3) is 0.333. The maximum absolute atomic E-state index is 11.7. The largest absolute Gasteiger partial charge is 0.481 e. The first-order valence-electron chi connectivity index (χ1n) is 5.31. The van der Waals surface area contributed by atoms with E-state index in [-0.39, 0.29) is 12.5 Å². The van der Waals surface area contributed by atoms with Crippen LogP contribution in [-0.2, 0) is 9.59 Å². The number of carboxylic acid groups (broad SMARTS) is 1. The molecule has 0 spiro atoms. The second-order valence-corrected chi connectivity index (χ2v) is 6.43. The lowest BCUT2D eigenvalue weighted by Gasteiger charge is -2.17. The summed E-state index contributed by atoms with van der Waals surface area (Å²) in [6.45, 7) is 1.78. The molecule has 1 aromatic rings. The highest BCUT2D eigenvalue weighted by molar-refractivity contribution is 9.11. The van der Waals surface area contributed by atoms with Gasteiger partial charge in [-0.25, -0.2) is 0 Å². The van der Waals surface area contributed by atoms with Crippen LogP contribution in [0.4, 0.5) is 0 Å². The molecule has 1 amide bonds. The highest BCUT2D eigenvalue weighted by Crippen LogP contribution is 2.22. The van der Waals surface area contributed by atoms with E-state index in [0.717, 1.165) is 8.66 Å². The van der Waals surface area contributed by atoms with Crippen molar-refractivity contribution in [2.45, 2.75) is 6.92 Å². The molecular weight excluding hydrogens is 318 g/mol. The van der Waals surface area contributed by atoms with Crippen LogP contribution in [0, 0.1) is 5.92 Å². The van der Waals surface area contributed by atoms with Crippen molar-refractivity contribution in [3.05, 3.63) is 26.9 Å². The van der Waals surface area contributed by atoms with Crippen LogP contribution in [0.25, 0.3) is 6.08 Å². The Bertz CT molecular complexity index is 470. The van der Waals surface area contributed by atoms with Crippen LogP contribution < -0.4 is 0 Å². The minimum atomic E-state index is -0.902. The van der Waals surface area contributed by atoms with E-state index in [0.29, 0.717) is 0 Å². The summed E-state index contributed by atoms with van der Waals surface area (Å²) < 4.78 is 1.00. The number of amides is 1. The van der Waals surface area contributed by atoms with Crippen LogP contribution >= 0.6 is 27.3 Å². The average Bonchev–Trinajstić information content (AvgIpc) is 2.71. The number of halogens is 1. The molecule has 0 aromatic carbocycles. The van der Waals surface area contributed by atoms with Crippen LogP contribution in [0.5, 0.6) is 0 Å². The SMILES string of the molecule is CC(CN(C)C(=O)/C=C/c1ccc(Br)s1)C(=O)O. The lowest BCUT2D eigenvalue weighted by atomic mass is 10.2. The third-order valence-electron chi connectivity index (χ3n) is 2.33. The zero-order chi connectivity index (χ0) is 13.7. The normalized spacial score (nSPS) is 12.6. The van der Waals surface area contributed by atoms with Crippen molar-refractivity contribution in [3.63, 3.8) is 0 Å². The average molecular weight is 332 g/mol. The van der Waals surface area contributed by atoms with Gasteiger partial charge in [-0.15, -0.1) is 11.3 Å². The number of likely N-dealkylation sites (N-methyl/N-ethyl adjacent to an activating group) is 1. The van der Waals surface area contributed by atoms with Crippen molar-refractivity contribution in [2.75, 3.05) is 13.6 Å². The fourth-order valence-corrected chi connectivity index (χ4v) is 2.60. The van der Waals surface area contributed by atoms with Gasteiger partial charge in [-0.05, 0) is 34.1 Å². The van der Waals surface area contributed by atoms with E-state index in [1.807, 2.05) is 12.1 Å². The number of aliphatic carboxylic acids is 1. The quantitative estimate of drug-likeness (QED) is 0.844. The summed E-state index contributed by atoms with van der Waals surface area (Å²) in [4.78, 5) is 24.8. The Hall–Kier alpha value is -1.14. The minimum Gasteiger partial charge on any atom is -0.481 e.